The van der Waals surface area contributed by atoms with Crippen molar-refractivity contribution in [3.63, 3.8) is 0 Å². The summed E-state index contributed by atoms with van der Waals surface area (Å²) in [5, 5.41) is 0. The van der Waals surface area contributed by atoms with Gasteiger partial charge in [-0.2, -0.15) is 0 Å². The number of hydrogen-bond acceptors (Lipinski definition) is 5. The van der Waals surface area contributed by atoms with Crippen molar-refractivity contribution in [1.29, 1.82) is 0 Å². The molecule has 0 fully saturated rings. The highest BCUT2D eigenvalue weighted by atomic mass is 32.1. The van der Waals surface area contributed by atoms with Crippen LogP contribution in [0, 0.1) is 0 Å². The van der Waals surface area contributed by atoms with Crippen LogP contribution in [0.1, 0.15) is 17.4 Å². The van der Waals surface area contributed by atoms with Crippen LogP contribution in [0.4, 0.5) is 0 Å². The van der Waals surface area contributed by atoms with Gasteiger partial charge >= 0.3 is 5.97 Å². The Morgan fingerprint density at radius 3 is 3.40 bits per heavy atom. The maximum atomic E-state index is 11.3. The third kappa shape index (κ3) is 2.36. The Labute approximate surface area is 92.3 Å². The van der Waals surface area contributed by atoms with Crippen LogP contribution in [0.3, 0.4) is 0 Å². The lowest BCUT2D eigenvalue weighted by Gasteiger charge is -2.21. The molecule has 0 atom stereocenters. The predicted molar refractivity (Wildman–Crippen MR) is 58.2 cm³/mol. The lowest BCUT2D eigenvalue weighted by molar-refractivity contribution is -0.143. The van der Waals surface area contributed by atoms with Gasteiger partial charge in [0, 0.05) is 24.5 Å². The van der Waals surface area contributed by atoms with Crippen LogP contribution in [0.5, 0.6) is 0 Å². The first-order chi connectivity index (χ1) is 7.29. The molecule has 5 heteroatoms. The molecule has 0 aromatic carbocycles. The molecule has 1 aliphatic rings. The minimum Gasteiger partial charge on any atom is -0.465 e. The van der Waals surface area contributed by atoms with Gasteiger partial charge in [0.25, 0.3) is 0 Å². The van der Waals surface area contributed by atoms with Crippen molar-refractivity contribution in [1.82, 2.24) is 9.27 Å². The molecule has 0 amide bonds. The molecule has 80 valence electrons. The highest BCUT2D eigenvalue weighted by Crippen LogP contribution is 2.22. The molecule has 15 heavy (non-hydrogen) atoms. The van der Waals surface area contributed by atoms with Crippen LogP contribution >= 0.6 is 11.5 Å². The summed E-state index contributed by atoms with van der Waals surface area (Å²) in [4.78, 5) is 14.4. The van der Waals surface area contributed by atoms with Crippen LogP contribution in [0.2, 0.25) is 0 Å². The van der Waals surface area contributed by atoms with Crippen molar-refractivity contribution in [2.45, 2.75) is 13.5 Å². The number of carbonyl (C=O) groups is 1. The van der Waals surface area contributed by atoms with E-state index < -0.39 is 0 Å². The fourth-order valence-electron chi connectivity index (χ4n) is 1.45. The summed E-state index contributed by atoms with van der Waals surface area (Å²) in [6.07, 6.45) is 5.74. The van der Waals surface area contributed by atoms with Gasteiger partial charge in [-0.3, -0.25) is 4.79 Å². The Bertz CT molecular complexity index is 387. The number of ether oxygens (including phenoxy) is 1. The second kappa shape index (κ2) is 4.44. The van der Waals surface area contributed by atoms with Crippen molar-refractivity contribution in [2.24, 2.45) is 0 Å². The van der Waals surface area contributed by atoms with Crippen LogP contribution < -0.4 is 0 Å². The SMILES string of the molecule is CCOC(=O)CN1C=Cc2sncc2C1. The summed E-state index contributed by atoms with van der Waals surface area (Å²) in [5.74, 6) is -0.186. The maximum absolute atomic E-state index is 11.3. The largest absolute Gasteiger partial charge is 0.465 e. The first kappa shape index (κ1) is 10.2. The van der Waals surface area contributed by atoms with Crippen LogP contribution in [-0.2, 0) is 16.1 Å². The summed E-state index contributed by atoms with van der Waals surface area (Å²) >= 11 is 1.48. The molecule has 4 nitrogen and oxygen atoms in total. The fourth-order valence-corrected chi connectivity index (χ4v) is 2.10. The van der Waals surface area contributed by atoms with Gasteiger partial charge in [-0.15, -0.1) is 0 Å². The highest BCUT2D eigenvalue weighted by Gasteiger charge is 2.15. The van der Waals surface area contributed by atoms with Crippen molar-refractivity contribution in [3.05, 3.63) is 22.8 Å². The molecule has 0 radical (unpaired) electrons. The van der Waals surface area contributed by atoms with E-state index in [1.165, 1.54) is 22.0 Å². The number of aromatic nitrogens is 1. The van der Waals surface area contributed by atoms with E-state index in [1.54, 1.807) is 0 Å². The molecule has 1 aliphatic heterocycles. The number of hydrogen-bond donors (Lipinski definition) is 0. The Balaban J connectivity index is 1.95. The van der Waals surface area contributed by atoms with E-state index in [1.807, 2.05) is 30.3 Å². The molecule has 0 unspecified atom stereocenters. The molecular weight excluding hydrogens is 212 g/mol. The molecule has 0 aliphatic carbocycles. The van der Waals surface area contributed by atoms with E-state index in [-0.39, 0.29) is 5.97 Å². The Morgan fingerprint density at radius 1 is 1.73 bits per heavy atom. The summed E-state index contributed by atoms with van der Waals surface area (Å²) in [7, 11) is 0. The average Bonchev–Trinajstić information content (AvgIpc) is 2.65. The molecule has 2 heterocycles. The van der Waals surface area contributed by atoms with E-state index in [4.69, 9.17) is 4.74 Å². The van der Waals surface area contributed by atoms with Gasteiger partial charge in [0.1, 0.15) is 6.54 Å². The van der Waals surface area contributed by atoms with Crippen molar-refractivity contribution >= 4 is 23.6 Å². The molecule has 2 rings (SSSR count). The van der Waals surface area contributed by atoms with Crippen LogP contribution in [0.25, 0.3) is 6.08 Å². The fraction of sp³-hybridized carbons (Fsp3) is 0.400. The molecule has 0 N–H and O–H groups in total. The van der Waals surface area contributed by atoms with Gasteiger partial charge in [0.05, 0.1) is 11.5 Å². The minimum absolute atomic E-state index is 0.186. The van der Waals surface area contributed by atoms with Crippen molar-refractivity contribution < 1.29 is 9.53 Å². The molecular formula is C10H12N2O2S. The van der Waals surface area contributed by atoms with Crippen molar-refractivity contribution in [3.8, 4) is 0 Å². The lowest BCUT2D eigenvalue weighted by Crippen LogP contribution is -2.27. The molecule has 1 aromatic rings. The Hall–Kier alpha value is -1.36. The third-order valence-electron chi connectivity index (χ3n) is 2.12. The van der Waals surface area contributed by atoms with E-state index in [2.05, 4.69) is 4.37 Å². The molecule has 0 saturated heterocycles. The Kier molecular flexibility index (Phi) is 3.01. The first-order valence-electron chi connectivity index (χ1n) is 4.81. The first-order valence-corrected chi connectivity index (χ1v) is 5.58. The molecule has 0 spiro atoms. The average molecular weight is 224 g/mol. The highest BCUT2D eigenvalue weighted by molar-refractivity contribution is 7.06. The number of nitrogens with zero attached hydrogens (tertiary/aromatic N) is 2. The summed E-state index contributed by atoms with van der Waals surface area (Å²) < 4.78 is 8.99. The van der Waals surface area contributed by atoms with E-state index in [0.29, 0.717) is 13.2 Å². The van der Waals surface area contributed by atoms with E-state index >= 15 is 0 Å². The smallest absolute Gasteiger partial charge is 0.325 e. The zero-order valence-corrected chi connectivity index (χ0v) is 9.29. The number of carbonyl (C=O) groups excluding carboxylic acids is 1. The summed E-state index contributed by atoms with van der Waals surface area (Å²) in [5.41, 5.74) is 1.17. The maximum Gasteiger partial charge on any atom is 0.325 e. The topological polar surface area (TPSA) is 42.4 Å². The van der Waals surface area contributed by atoms with Gasteiger partial charge < -0.3 is 9.64 Å². The molecule has 0 bridgehead atoms. The number of rotatable bonds is 3. The summed E-state index contributed by atoms with van der Waals surface area (Å²) in [6, 6.07) is 0. The van der Waals surface area contributed by atoms with Gasteiger partial charge in [0.2, 0.25) is 0 Å². The van der Waals surface area contributed by atoms with Gasteiger partial charge in [0.15, 0.2) is 0 Å². The number of fused-ring (bicyclic) bond motifs is 1. The standard InChI is InChI=1S/C10H12N2O2S/c1-2-14-10(13)7-12-4-3-9-8(6-12)5-11-15-9/h3-5H,2,6-7H2,1H3. The lowest BCUT2D eigenvalue weighted by atomic mass is 10.2. The zero-order chi connectivity index (χ0) is 10.7. The molecule has 0 saturated carbocycles. The summed E-state index contributed by atoms with van der Waals surface area (Å²) in [6.45, 7) is 3.28. The second-order valence-electron chi connectivity index (χ2n) is 3.24. The normalized spacial score (nSPS) is 13.8. The third-order valence-corrected chi connectivity index (χ3v) is 2.93. The van der Waals surface area contributed by atoms with E-state index in [0.717, 1.165) is 6.54 Å². The predicted octanol–water partition coefficient (Wildman–Crippen LogP) is 1.49. The molecule has 1 aromatic heterocycles. The van der Waals surface area contributed by atoms with Gasteiger partial charge in [-0.25, -0.2) is 4.37 Å². The minimum atomic E-state index is -0.186. The monoisotopic (exact) mass is 224 g/mol. The Morgan fingerprint density at radius 2 is 2.60 bits per heavy atom. The number of esters is 1. The van der Waals surface area contributed by atoms with E-state index in [9.17, 15) is 4.79 Å². The van der Waals surface area contributed by atoms with Crippen LogP contribution in [0.15, 0.2) is 12.4 Å². The second-order valence-corrected chi connectivity index (χ2v) is 4.07. The van der Waals surface area contributed by atoms with Crippen LogP contribution in [-0.4, -0.2) is 28.4 Å². The van der Waals surface area contributed by atoms with Gasteiger partial charge in [-0.05, 0) is 24.5 Å². The quantitative estimate of drug-likeness (QED) is 0.730. The van der Waals surface area contributed by atoms with Gasteiger partial charge in [-0.1, -0.05) is 0 Å². The zero-order valence-electron chi connectivity index (χ0n) is 8.47. The van der Waals surface area contributed by atoms with Crippen molar-refractivity contribution in [2.75, 3.05) is 13.2 Å².